The highest BCUT2D eigenvalue weighted by molar-refractivity contribution is 5.79. The molecule has 0 bridgehead atoms. The molecule has 0 fully saturated rings. The average molecular weight is 300 g/mol. The second-order valence-electron chi connectivity index (χ2n) is 7.84. The lowest BCUT2D eigenvalue weighted by Crippen LogP contribution is -2.17. The molecule has 2 aliphatic carbocycles. The Bertz CT molecular complexity index is 826. The van der Waals surface area contributed by atoms with Crippen LogP contribution in [0.4, 0.5) is 0 Å². The van der Waals surface area contributed by atoms with Gasteiger partial charge in [-0.1, -0.05) is 81.0 Å². The van der Waals surface area contributed by atoms with E-state index >= 15 is 0 Å². The van der Waals surface area contributed by atoms with Crippen LogP contribution in [-0.4, -0.2) is 0 Å². The van der Waals surface area contributed by atoms with Crippen molar-refractivity contribution in [3.05, 3.63) is 82.5 Å². The first-order valence-electron chi connectivity index (χ1n) is 8.62. The van der Waals surface area contributed by atoms with Crippen LogP contribution in [0, 0.1) is 0 Å². The number of hydrogen-bond acceptors (Lipinski definition) is 0. The van der Waals surface area contributed by atoms with E-state index in [1.807, 2.05) is 0 Å². The molecule has 0 saturated heterocycles. The van der Waals surface area contributed by atoms with Crippen molar-refractivity contribution in [3.63, 3.8) is 0 Å². The Hall–Kier alpha value is -2.08. The maximum Gasteiger partial charge on any atom is -0.00104 e. The summed E-state index contributed by atoms with van der Waals surface area (Å²) < 4.78 is 0. The van der Waals surface area contributed by atoms with Crippen molar-refractivity contribution in [1.82, 2.24) is 0 Å². The molecule has 4 rings (SSSR count). The molecule has 0 spiro atoms. The SMILES string of the molecule is CC(C)(C)c1c(CC2=CC=CC2)ccc2c1Cc1ccccc1-2. The summed E-state index contributed by atoms with van der Waals surface area (Å²) in [4.78, 5) is 0. The smallest absolute Gasteiger partial charge is 0.00104 e. The number of fused-ring (bicyclic) bond motifs is 3. The number of rotatable bonds is 2. The first-order valence-corrected chi connectivity index (χ1v) is 8.62. The Kier molecular flexibility index (Phi) is 3.30. The van der Waals surface area contributed by atoms with E-state index in [-0.39, 0.29) is 5.41 Å². The van der Waals surface area contributed by atoms with E-state index in [1.54, 1.807) is 11.1 Å². The van der Waals surface area contributed by atoms with Crippen molar-refractivity contribution < 1.29 is 0 Å². The summed E-state index contributed by atoms with van der Waals surface area (Å²) >= 11 is 0. The van der Waals surface area contributed by atoms with E-state index in [4.69, 9.17) is 0 Å². The van der Waals surface area contributed by atoms with Gasteiger partial charge in [-0.05, 0) is 58.1 Å². The maximum absolute atomic E-state index is 2.38. The van der Waals surface area contributed by atoms with Gasteiger partial charge in [0.15, 0.2) is 0 Å². The molecular weight excluding hydrogens is 276 g/mol. The molecule has 0 heteroatoms. The summed E-state index contributed by atoms with van der Waals surface area (Å²) in [6.07, 6.45) is 10.0. The van der Waals surface area contributed by atoms with Crippen LogP contribution in [0.5, 0.6) is 0 Å². The second-order valence-corrected chi connectivity index (χ2v) is 7.84. The highest BCUT2D eigenvalue weighted by atomic mass is 14.3. The van der Waals surface area contributed by atoms with Gasteiger partial charge in [-0.25, -0.2) is 0 Å². The number of allylic oxidation sites excluding steroid dienone is 4. The molecule has 0 saturated carbocycles. The zero-order valence-electron chi connectivity index (χ0n) is 14.3. The highest BCUT2D eigenvalue weighted by Crippen LogP contribution is 2.43. The van der Waals surface area contributed by atoms with Crippen LogP contribution in [0.3, 0.4) is 0 Å². The van der Waals surface area contributed by atoms with Crippen molar-refractivity contribution in [1.29, 1.82) is 0 Å². The molecule has 0 nitrogen and oxygen atoms in total. The molecule has 0 amide bonds. The molecule has 2 aromatic rings. The standard InChI is InChI=1S/C23H24/c1-23(2,3)22-18(14-16-8-4-5-9-16)12-13-20-19-11-7-6-10-17(19)15-21(20)22/h4-8,10-13H,9,14-15H2,1-3H3. The van der Waals surface area contributed by atoms with Gasteiger partial charge in [0.05, 0.1) is 0 Å². The summed E-state index contributed by atoms with van der Waals surface area (Å²) in [5.41, 5.74) is 10.7. The first-order chi connectivity index (χ1) is 11.0. The quantitative estimate of drug-likeness (QED) is 0.546. The van der Waals surface area contributed by atoms with Crippen molar-refractivity contribution in [3.8, 4) is 11.1 Å². The summed E-state index contributed by atoms with van der Waals surface area (Å²) in [6.45, 7) is 7.07. The maximum atomic E-state index is 2.38. The molecule has 2 aromatic carbocycles. The topological polar surface area (TPSA) is 0 Å². The van der Waals surface area contributed by atoms with Gasteiger partial charge in [-0.3, -0.25) is 0 Å². The fourth-order valence-corrected chi connectivity index (χ4v) is 4.21. The van der Waals surface area contributed by atoms with Gasteiger partial charge >= 0.3 is 0 Å². The van der Waals surface area contributed by atoms with E-state index in [2.05, 4.69) is 75.4 Å². The van der Waals surface area contributed by atoms with E-state index in [1.165, 1.54) is 27.8 Å². The minimum absolute atomic E-state index is 0.176. The van der Waals surface area contributed by atoms with E-state index < -0.39 is 0 Å². The predicted octanol–water partition coefficient (Wildman–Crippen LogP) is 5.98. The normalized spacial score (nSPS) is 15.5. The van der Waals surface area contributed by atoms with Gasteiger partial charge in [0.2, 0.25) is 0 Å². The molecular formula is C23H24. The third kappa shape index (κ3) is 2.47. The largest absolute Gasteiger partial charge is 0.0804 e. The Balaban J connectivity index is 1.85. The second kappa shape index (κ2) is 5.23. The third-order valence-corrected chi connectivity index (χ3v) is 5.09. The Labute approximate surface area is 139 Å². The third-order valence-electron chi connectivity index (χ3n) is 5.09. The zero-order valence-corrected chi connectivity index (χ0v) is 14.3. The summed E-state index contributed by atoms with van der Waals surface area (Å²) in [7, 11) is 0. The lowest BCUT2D eigenvalue weighted by molar-refractivity contribution is 0.578. The van der Waals surface area contributed by atoms with E-state index in [9.17, 15) is 0 Å². The van der Waals surface area contributed by atoms with Gasteiger partial charge < -0.3 is 0 Å². The fourth-order valence-electron chi connectivity index (χ4n) is 4.21. The van der Waals surface area contributed by atoms with Crippen LogP contribution in [0.1, 0.15) is 49.4 Å². The van der Waals surface area contributed by atoms with Gasteiger partial charge in [0.25, 0.3) is 0 Å². The summed E-state index contributed by atoms with van der Waals surface area (Å²) in [5, 5.41) is 0. The van der Waals surface area contributed by atoms with Crippen LogP contribution in [0.2, 0.25) is 0 Å². The molecule has 0 aromatic heterocycles. The van der Waals surface area contributed by atoms with Gasteiger partial charge in [0.1, 0.15) is 0 Å². The monoisotopic (exact) mass is 300 g/mol. The summed E-state index contributed by atoms with van der Waals surface area (Å²) in [6, 6.07) is 13.6. The van der Waals surface area contributed by atoms with Crippen molar-refractivity contribution in [2.24, 2.45) is 0 Å². The number of hydrogen-bond donors (Lipinski definition) is 0. The molecule has 0 radical (unpaired) electrons. The molecule has 116 valence electrons. The Morgan fingerprint density at radius 2 is 1.78 bits per heavy atom. The van der Waals surface area contributed by atoms with Crippen molar-refractivity contribution in [2.45, 2.75) is 45.4 Å². The molecule has 0 atom stereocenters. The van der Waals surface area contributed by atoms with Gasteiger partial charge in [-0.15, -0.1) is 0 Å². The average Bonchev–Trinajstić information content (AvgIpc) is 3.12. The van der Waals surface area contributed by atoms with E-state index in [0.29, 0.717) is 0 Å². The van der Waals surface area contributed by atoms with Crippen LogP contribution >= 0.6 is 0 Å². The number of benzene rings is 2. The Morgan fingerprint density at radius 1 is 0.957 bits per heavy atom. The van der Waals surface area contributed by atoms with Crippen molar-refractivity contribution in [2.75, 3.05) is 0 Å². The molecule has 0 heterocycles. The van der Waals surface area contributed by atoms with Crippen molar-refractivity contribution >= 4 is 0 Å². The minimum Gasteiger partial charge on any atom is -0.0804 e. The van der Waals surface area contributed by atoms with Gasteiger partial charge in [-0.2, -0.15) is 0 Å². The van der Waals surface area contributed by atoms with Gasteiger partial charge in [0, 0.05) is 0 Å². The molecule has 0 unspecified atom stereocenters. The lowest BCUT2D eigenvalue weighted by atomic mass is 9.77. The van der Waals surface area contributed by atoms with E-state index in [0.717, 1.165) is 19.3 Å². The molecule has 2 aliphatic rings. The summed E-state index contributed by atoms with van der Waals surface area (Å²) in [5.74, 6) is 0. The fraction of sp³-hybridized carbons (Fsp3) is 0.304. The minimum atomic E-state index is 0.176. The van der Waals surface area contributed by atoms with Crippen LogP contribution < -0.4 is 0 Å². The van der Waals surface area contributed by atoms with Crippen LogP contribution in [0.25, 0.3) is 11.1 Å². The molecule has 0 N–H and O–H groups in total. The highest BCUT2D eigenvalue weighted by Gasteiger charge is 2.28. The predicted molar refractivity (Wildman–Crippen MR) is 98.9 cm³/mol. The first kappa shape index (κ1) is 14.5. The molecule has 0 aliphatic heterocycles. The molecule has 23 heavy (non-hydrogen) atoms. The zero-order chi connectivity index (χ0) is 16.0. The van der Waals surface area contributed by atoms with Crippen LogP contribution in [0.15, 0.2) is 60.2 Å². The van der Waals surface area contributed by atoms with Crippen LogP contribution in [-0.2, 0) is 18.3 Å². The Morgan fingerprint density at radius 3 is 2.52 bits per heavy atom. The lowest BCUT2D eigenvalue weighted by Gasteiger charge is -2.27.